The highest BCUT2D eigenvalue weighted by atomic mass is 79.9. The molecule has 1 N–H and O–H groups in total. The molecule has 2 heterocycles. The maximum atomic E-state index is 5.07. The van der Waals surface area contributed by atoms with Crippen molar-refractivity contribution in [2.75, 3.05) is 13.2 Å². The van der Waals surface area contributed by atoms with Gasteiger partial charge in [-0.3, -0.25) is 4.98 Å². The highest BCUT2D eigenvalue weighted by Gasteiger charge is 2.17. The maximum absolute atomic E-state index is 5.07. The fraction of sp³-hybridized carbons (Fsp3) is 0.444. The van der Waals surface area contributed by atoms with E-state index in [-0.39, 0.29) is 0 Å². The van der Waals surface area contributed by atoms with Gasteiger partial charge in [-0.25, -0.2) is 0 Å². The topological polar surface area (TPSA) is 34.2 Å². The molecule has 1 aliphatic heterocycles. The van der Waals surface area contributed by atoms with Crippen molar-refractivity contribution in [3.05, 3.63) is 26.9 Å². The minimum absolute atomic E-state index is 0.493. The summed E-state index contributed by atoms with van der Waals surface area (Å²) in [6.07, 6.45) is 1.80. The van der Waals surface area contributed by atoms with E-state index in [1.807, 2.05) is 6.07 Å². The molecule has 1 aliphatic rings. The number of hydrogen-bond acceptors (Lipinski definition) is 3. The lowest BCUT2D eigenvalue weighted by atomic mass is 10.2. The van der Waals surface area contributed by atoms with E-state index in [0.717, 1.165) is 34.4 Å². The molecule has 1 fully saturated rings. The van der Waals surface area contributed by atoms with Gasteiger partial charge >= 0.3 is 0 Å². The Morgan fingerprint density at radius 1 is 1.50 bits per heavy atom. The van der Waals surface area contributed by atoms with Crippen LogP contribution in [-0.4, -0.2) is 24.2 Å². The first-order valence-electron chi connectivity index (χ1n) is 4.37. The van der Waals surface area contributed by atoms with Crippen molar-refractivity contribution in [1.82, 2.24) is 10.3 Å². The zero-order valence-corrected chi connectivity index (χ0v) is 10.6. The third-order valence-electron chi connectivity index (χ3n) is 2.08. The Hall–Kier alpha value is 0.0300. The largest absolute Gasteiger partial charge is 0.378 e. The van der Waals surface area contributed by atoms with Gasteiger partial charge in [0.25, 0.3) is 0 Å². The molecule has 14 heavy (non-hydrogen) atoms. The van der Waals surface area contributed by atoms with Gasteiger partial charge in [-0.05, 0) is 37.9 Å². The average molecular weight is 322 g/mol. The van der Waals surface area contributed by atoms with Crippen molar-refractivity contribution in [1.29, 1.82) is 0 Å². The predicted octanol–water partition coefficient (Wildman–Crippen LogP) is 2.09. The van der Waals surface area contributed by atoms with Crippen LogP contribution in [0.2, 0.25) is 0 Å². The van der Waals surface area contributed by atoms with Gasteiger partial charge in [0, 0.05) is 21.7 Å². The molecular formula is C9H10Br2N2O. The average Bonchev–Trinajstić information content (AvgIpc) is 2.05. The first-order chi connectivity index (χ1) is 6.75. The fourth-order valence-corrected chi connectivity index (χ4v) is 2.30. The Morgan fingerprint density at radius 2 is 2.29 bits per heavy atom. The van der Waals surface area contributed by atoms with Gasteiger partial charge in [0.15, 0.2) is 0 Å². The number of pyridine rings is 1. The smallest absolute Gasteiger partial charge is 0.0684 e. The second kappa shape index (κ2) is 4.70. The lowest BCUT2D eigenvalue weighted by Gasteiger charge is -2.26. The third-order valence-corrected chi connectivity index (χ3v) is 3.20. The minimum Gasteiger partial charge on any atom is -0.378 e. The van der Waals surface area contributed by atoms with Gasteiger partial charge < -0.3 is 10.1 Å². The summed E-state index contributed by atoms with van der Waals surface area (Å²) in [6, 6.07) is 2.49. The van der Waals surface area contributed by atoms with Crippen LogP contribution in [0.15, 0.2) is 21.2 Å². The fourth-order valence-electron chi connectivity index (χ4n) is 1.17. The van der Waals surface area contributed by atoms with Crippen molar-refractivity contribution in [3.8, 4) is 0 Å². The van der Waals surface area contributed by atoms with Crippen LogP contribution < -0.4 is 5.32 Å². The molecule has 0 amide bonds. The first kappa shape index (κ1) is 10.5. The number of hydrogen-bond donors (Lipinski definition) is 1. The van der Waals surface area contributed by atoms with Gasteiger partial charge in [0.1, 0.15) is 0 Å². The van der Waals surface area contributed by atoms with E-state index in [4.69, 9.17) is 4.74 Å². The zero-order chi connectivity index (χ0) is 9.97. The summed E-state index contributed by atoms with van der Waals surface area (Å²) in [7, 11) is 0. The highest BCUT2D eigenvalue weighted by molar-refractivity contribution is 9.11. The molecule has 76 valence electrons. The van der Waals surface area contributed by atoms with E-state index in [9.17, 15) is 0 Å². The highest BCUT2D eigenvalue weighted by Crippen LogP contribution is 2.19. The van der Waals surface area contributed by atoms with Gasteiger partial charge in [0.2, 0.25) is 0 Å². The molecule has 1 aromatic rings. The van der Waals surface area contributed by atoms with Crippen molar-refractivity contribution < 1.29 is 4.74 Å². The summed E-state index contributed by atoms with van der Waals surface area (Å²) in [4.78, 5) is 4.31. The molecular weight excluding hydrogens is 312 g/mol. The van der Waals surface area contributed by atoms with Crippen LogP contribution in [0.1, 0.15) is 5.69 Å². The van der Waals surface area contributed by atoms with Gasteiger partial charge in [-0.15, -0.1) is 0 Å². The normalized spacial score (nSPS) is 16.7. The Kier molecular flexibility index (Phi) is 3.54. The standard InChI is InChI=1S/C9H10Br2N2O/c10-6-1-8(11)9(13-2-6)3-12-7-4-14-5-7/h1-2,7,12H,3-5H2. The van der Waals surface area contributed by atoms with Crippen LogP contribution in [0, 0.1) is 0 Å². The van der Waals surface area contributed by atoms with Crippen molar-refractivity contribution >= 4 is 31.9 Å². The van der Waals surface area contributed by atoms with Crippen LogP contribution in [0.3, 0.4) is 0 Å². The third kappa shape index (κ3) is 2.53. The Bertz CT molecular complexity index is 329. The van der Waals surface area contributed by atoms with E-state index >= 15 is 0 Å². The predicted molar refractivity (Wildman–Crippen MR) is 61.1 cm³/mol. The molecule has 0 aliphatic carbocycles. The summed E-state index contributed by atoms with van der Waals surface area (Å²) < 4.78 is 7.08. The quantitative estimate of drug-likeness (QED) is 0.925. The summed E-state index contributed by atoms with van der Waals surface area (Å²) in [5.74, 6) is 0. The van der Waals surface area contributed by atoms with E-state index < -0.39 is 0 Å². The van der Waals surface area contributed by atoms with Crippen LogP contribution >= 0.6 is 31.9 Å². The first-order valence-corrected chi connectivity index (χ1v) is 5.95. The zero-order valence-electron chi connectivity index (χ0n) is 7.46. The molecule has 0 saturated carbocycles. The monoisotopic (exact) mass is 320 g/mol. The summed E-state index contributed by atoms with van der Waals surface area (Å²) >= 11 is 6.84. The van der Waals surface area contributed by atoms with Crippen LogP contribution in [0.5, 0.6) is 0 Å². The van der Waals surface area contributed by atoms with Crippen molar-refractivity contribution in [3.63, 3.8) is 0 Å². The minimum atomic E-state index is 0.493. The van der Waals surface area contributed by atoms with Crippen LogP contribution in [0.25, 0.3) is 0 Å². The maximum Gasteiger partial charge on any atom is 0.0684 e. The van der Waals surface area contributed by atoms with Crippen LogP contribution in [-0.2, 0) is 11.3 Å². The van der Waals surface area contributed by atoms with E-state index in [2.05, 4.69) is 42.2 Å². The van der Waals surface area contributed by atoms with Crippen molar-refractivity contribution in [2.45, 2.75) is 12.6 Å². The molecule has 0 aromatic carbocycles. The molecule has 0 unspecified atom stereocenters. The second-order valence-electron chi connectivity index (χ2n) is 3.20. The number of nitrogens with zero attached hydrogens (tertiary/aromatic N) is 1. The molecule has 5 heteroatoms. The van der Waals surface area contributed by atoms with E-state index in [1.165, 1.54) is 0 Å². The summed E-state index contributed by atoms with van der Waals surface area (Å²) in [5.41, 5.74) is 1.03. The van der Waals surface area contributed by atoms with Gasteiger partial charge in [-0.2, -0.15) is 0 Å². The Morgan fingerprint density at radius 3 is 2.86 bits per heavy atom. The molecule has 1 aromatic heterocycles. The number of aromatic nitrogens is 1. The van der Waals surface area contributed by atoms with E-state index in [0.29, 0.717) is 6.04 Å². The number of halogens is 2. The Balaban J connectivity index is 1.94. The SMILES string of the molecule is Brc1cnc(CNC2COC2)c(Br)c1. The summed E-state index contributed by atoms with van der Waals surface area (Å²) in [5, 5.41) is 3.36. The molecule has 3 nitrogen and oxygen atoms in total. The number of ether oxygens (including phenoxy) is 1. The number of rotatable bonds is 3. The second-order valence-corrected chi connectivity index (χ2v) is 4.97. The van der Waals surface area contributed by atoms with E-state index in [1.54, 1.807) is 6.20 Å². The van der Waals surface area contributed by atoms with Crippen molar-refractivity contribution in [2.24, 2.45) is 0 Å². The van der Waals surface area contributed by atoms with Gasteiger partial charge in [0.05, 0.1) is 24.9 Å². The molecule has 0 bridgehead atoms. The molecule has 2 rings (SSSR count). The summed E-state index contributed by atoms with van der Waals surface area (Å²) in [6.45, 7) is 2.41. The molecule has 0 radical (unpaired) electrons. The Labute approximate surface area is 99.5 Å². The lowest BCUT2D eigenvalue weighted by molar-refractivity contribution is -0.00593. The molecule has 0 spiro atoms. The molecule has 1 saturated heterocycles. The lowest BCUT2D eigenvalue weighted by Crippen LogP contribution is -2.45. The number of nitrogens with one attached hydrogen (secondary N) is 1. The molecule has 0 atom stereocenters. The van der Waals surface area contributed by atoms with Gasteiger partial charge in [-0.1, -0.05) is 0 Å². The van der Waals surface area contributed by atoms with Crippen LogP contribution in [0.4, 0.5) is 0 Å².